The molecule has 0 saturated heterocycles. The minimum absolute atomic E-state index is 0.00535. The number of carboxylic acids is 1. The SMILES string of the molecule is CCC(CC(=O)O)NC(=O)CCC(CC)NC(=O)OCC1c2ccccc2-c2ccccc21. The number of fused-ring (bicyclic) bond motifs is 3. The van der Waals surface area contributed by atoms with E-state index >= 15 is 0 Å². The molecule has 2 unspecified atom stereocenters. The van der Waals surface area contributed by atoms with Gasteiger partial charge in [-0.25, -0.2) is 4.79 Å². The van der Waals surface area contributed by atoms with Gasteiger partial charge in [0.25, 0.3) is 0 Å². The number of carbonyl (C=O) groups is 3. The number of ether oxygens (including phenoxy) is 1. The van der Waals surface area contributed by atoms with E-state index in [1.54, 1.807) is 0 Å². The summed E-state index contributed by atoms with van der Waals surface area (Å²) in [5.41, 5.74) is 4.66. The first-order chi connectivity index (χ1) is 15.9. The van der Waals surface area contributed by atoms with Crippen LogP contribution in [0.3, 0.4) is 0 Å². The highest BCUT2D eigenvalue weighted by Gasteiger charge is 2.29. The van der Waals surface area contributed by atoms with Crippen molar-refractivity contribution in [1.82, 2.24) is 10.6 Å². The fraction of sp³-hybridized carbons (Fsp3) is 0.423. The van der Waals surface area contributed by atoms with Crippen molar-refractivity contribution in [3.8, 4) is 11.1 Å². The largest absolute Gasteiger partial charge is 0.481 e. The number of hydrogen-bond donors (Lipinski definition) is 3. The molecule has 176 valence electrons. The molecule has 7 heteroatoms. The Morgan fingerprint density at radius 2 is 1.48 bits per heavy atom. The average Bonchev–Trinajstić information content (AvgIpc) is 3.13. The quantitative estimate of drug-likeness (QED) is 0.467. The molecule has 2 aromatic rings. The second-order valence-electron chi connectivity index (χ2n) is 8.38. The normalized spacial score (nSPS) is 14.0. The van der Waals surface area contributed by atoms with Crippen LogP contribution >= 0.6 is 0 Å². The predicted molar refractivity (Wildman–Crippen MR) is 126 cm³/mol. The third-order valence-electron chi connectivity index (χ3n) is 6.16. The number of carboxylic acid groups (broad SMARTS) is 1. The summed E-state index contributed by atoms with van der Waals surface area (Å²) in [6.07, 6.45) is 1.27. The molecule has 1 aliphatic rings. The smallest absolute Gasteiger partial charge is 0.407 e. The maximum Gasteiger partial charge on any atom is 0.407 e. The van der Waals surface area contributed by atoms with Crippen molar-refractivity contribution >= 4 is 18.0 Å². The van der Waals surface area contributed by atoms with Gasteiger partial charge in [0, 0.05) is 24.4 Å². The van der Waals surface area contributed by atoms with Crippen LogP contribution in [-0.4, -0.2) is 41.8 Å². The van der Waals surface area contributed by atoms with E-state index < -0.39 is 12.1 Å². The Balaban J connectivity index is 1.50. The van der Waals surface area contributed by atoms with E-state index in [0.717, 1.165) is 11.1 Å². The van der Waals surface area contributed by atoms with Gasteiger partial charge in [0.15, 0.2) is 0 Å². The van der Waals surface area contributed by atoms with Gasteiger partial charge in [0.05, 0.1) is 6.42 Å². The van der Waals surface area contributed by atoms with Gasteiger partial charge in [-0.2, -0.15) is 0 Å². The van der Waals surface area contributed by atoms with E-state index in [-0.39, 0.29) is 43.4 Å². The maximum absolute atomic E-state index is 12.5. The summed E-state index contributed by atoms with van der Waals surface area (Å²) in [6.45, 7) is 4.01. The molecule has 0 fully saturated rings. The van der Waals surface area contributed by atoms with Gasteiger partial charge in [-0.05, 0) is 41.5 Å². The van der Waals surface area contributed by atoms with Crippen LogP contribution in [0.2, 0.25) is 0 Å². The van der Waals surface area contributed by atoms with Gasteiger partial charge in [0.1, 0.15) is 6.61 Å². The first kappa shape index (κ1) is 24.3. The van der Waals surface area contributed by atoms with Gasteiger partial charge < -0.3 is 20.5 Å². The summed E-state index contributed by atoms with van der Waals surface area (Å²) < 4.78 is 5.59. The van der Waals surface area contributed by atoms with Gasteiger partial charge in [-0.1, -0.05) is 62.4 Å². The highest BCUT2D eigenvalue weighted by Crippen LogP contribution is 2.44. The molecular weight excluding hydrogens is 420 g/mol. The Morgan fingerprint density at radius 3 is 2.03 bits per heavy atom. The predicted octanol–water partition coefficient (Wildman–Crippen LogP) is 4.45. The molecule has 2 aromatic carbocycles. The van der Waals surface area contributed by atoms with Crippen LogP contribution < -0.4 is 10.6 Å². The van der Waals surface area contributed by atoms with Crippen LogP contribution in [0.5, 0.6) is 0 Å². The van der Waals surface area contributed by atoms with Crippen molar-refractivity contribution in [2.45, 2.75) is 64.0 Å². The summed E-state index contributed by atoms with van der Waals surface area (Å²) in [5.74, 6) is -1.16. The summed E-state index contributed by atoms with van der Waals surface area (Å²) in [6, 6.07) is 15.8. The fourth-order valence-corrected chi connectivity index (χ4v) is 4.30. The highest BCUT2D eigenvalue weighted by molar-refractivity contribution is 5.79. The van der Waals surface area contributed by atoms with Crippen LogP contribution in [0.15, 0.2) is 48.5 Å². The molecule has 7 nitrogen and oxygen atoms in total. The first-order valence-corrected chi connectivity index (χ1v) is 11.6. The Bertz CT molecular complexity index is 945. The molecule has 33 heavy (non-hydrogen) atoms. The number of hydrogen-bond acceptors (Lipinski definition) is 4. The summed E-state index contributed by atoms with van der Waals surface area (Å²) in [5, 5.41) is 14.5. The van der Waals surface area contributed by atoms with Crippen molar-refractivity contribution in [1.29, 1.82) is 0 Å². The molecule has 0 heterocycles. The zero-order valence-corrected chi connectivity index (χ0v) is 19.2. The number of benzene rings is 2. The Morgan fingerprint density at radius 1 is 0.909 bits per heavy atom. The molecule has 2 amide bonds. The van der Waals surface area contributed by atoms with Crippen LogP contribution in [-0.2, 0) is 14.3 Å². The van der Waals surface area contributed by atoms with Crippen molar-refractivity contribution < 1.29 is 24.2 Å². The molecule has 1 aliphatic carbocycles. The third-order valence-corrected chi connectivity index (χ3v) is 6.16. The lowest BCUT2D eigenvalue weighted by atomic mass is 9.98. The topological polar surface area (TPSA) is 105 Å². The van der Waals surface area contributed by atoms with Crippen molar-refractivity contribution in [2.24, 2.45) is 0 Å². The van der Waals surface area contributed by atoms with Crippen molar-refractivity contribution in [3.63, 3.8) is 0 Å². The van der Waals surface area contributed by atoms with Crippen LogP contribution in [0.25, 0.3) is 11.1 Å². The molecule has 0 bridgehead atoms. The zero-order valence-electron chi connectivity index (χ0n) is 19.2. The number of rotatable bonds is 11. The van der Waals surface area contributed by atoms with Crippen molar-refractivity contribution in [2.75, 3.05) is 6.61 Å². The minimum Gasteiger partial charge on any atom is -0.481 e. The van der Waals surface area contributed by atoms with E-state index in [4.69, 9.17) is 9.84 Å². The van der Waals surface area contributed by atoms with Crippen LogP contribution in [0, 0.1) is 0 Å². The molecule has 3 N–H and O–H groups in total. The van der Waals surface area contributed by atoms with E-state index in [2.05, 4.69) is 34.9 Å². The lowest BCUT2D eigenvalue weighted by Crippen LogP contribution is -2.39. The molecule has 0 saturated carbocycles. The van der Waals surface area contributed by atoms with Crippen LogP contribution in [0.1, 0.15) is 63.0 Å². The molecule has 2 atom stereocenters. The second-order valence-corrected chi connectivity index (χ2v) is 8.38. The van der Waals surface area contributed by atoms with E-state index in [0.29, 0.717) is 19.3 Å². The van der Waals surface area contributed by atoms with E-state index in [1.165, 1.54) is 11.1 Å². The number of aliphatic carboxylic acids is 1. The summed E-state index contributed by atoms with van der Waals surface area (Å²) in [4.78, 5) is 35.5. The first-order valence-electron chi connectivity index (χ1n) is 11.6. The van der Waals surface area contributed by atoms with Crippen molar-refractivity contribution in [3.05, 3.63) is 59.7 Å². The third kappa shape index (κ3) is 6.34. The zero-order chi connectivity index (χ0) is 23.8. The Kier molecular flexibility index (Phi) is 8.46. The fourth-order valence-electron chi connectivity index (χ4n) is 4.30. The molecule has 3 rings (SSSR count). The standard InChI is InChI=1S/C26H32N2O5/c1-3-17(13-14-24(29)27-18(4-2)15-25(30)31)28-26(32)33-16-23-21-11-7-5-9-19(21)20-10-6-8-12-22(20)23/h5-12,17-18,23H,3-4,13-16H2,1-2H3,(H,27,29)(H,28,32)(H,30,31). The Labute approximate surface area is 194 Å². The van der Waals surface area contributed by atoms with Gasteiger partial charge in [-0.3, -0.25) is 9.59 Å². The van der Waals surface area contributed by atoms with E-state index in [1.807, 2.05) is 38.1 Å². The van der Waals surface area contributed by atoms with Gasteiger partial charge in [0.2, 0.25) is 5.91 Å². The number of amides is 2. The Hall–Kier alpha value is -3.35. The van der Waals surface area contributed by atoms with Gasteiger partial charge >= 0.3 is 12.1 Å². The minimum atomic E-state index is -0.939. The second kappa shape index (κ2) is 11.5. The van der Waals surface area contributed by atoms with E-state index in [9.17, 15) is 14.4 Å². The molecule has 0 aliphatic heterocycles. The average molecular weight is 453 g/mol. The summed E-state index contributed by atoms with van der Waals surface area (Å²) >= 11 is 0. The number of carbonyl (C=O) groups excluding carboxylic acids is 2. The number of alkyl carbamates (subject to hydrolysis) is 1. The molecule has 0 aromatic heterocycles. The van der Waals surface area contributed by atoms with Crippen LogP contribution in [0.4, 0.5) is 4.79 Å². The monoisotopic (exact) mass is 452 g/mol. The maximum atomic E-state index is 12.5. The van der Waals surface area contributed by atoms with Gasteiger partial charge in [-0.15, -0.1) is 0 Å². The lowest BCUT2D eigenvalue weighted by Gasteiger charge is -2.20. The molecular formula is C26H32N2O5. The molecule has 0 spiro atoms. The number of nitrogens with one attached hydrogen (secondary N) is 2. The summed E-state index contributed by atoms with van der Waals surface area (Å²) in [7, 11) is 0. The lowest BCUT2D eigenvalue weighted by molar-refractivity contribution is -0.137. The molecule has 0 radical (unpaired) electrons. The highest BCUT2D eigenvalue weighted by atomic mass is 16.5.